The van der Waals surface area contributed by atoms with Gasteiger partial charge in [-0.15, -0.1) is 0 Å². The summed E-state index contributed by atoms with van der Waals surface area (Å²) < 4.78 is 22.7. The third-order valence-corrected chi connectivity index (χ3v) is 7.90. The molecule has 0 amide bonds. The average Bonchev–Trinajstić information content (AvgIpc) is 3.02. The van der Waals surface area contributed by atoms with Gasteiger partial charge in [0, 0.05) is 26.3 Å². The van der Waals surface area contributed by atoms with Gasteiger partial charge in [0.1, 0.15) is 6.10 Å². The molecule has 1 saturated heterocycles. The molecule has 3 aliphatic rings. The van der Waals surface area contributed by atoms with Crippen molar-refractivity contribution in [3.8, 4) is 0 Å². The molecule has 1 spiro atoms. The minimum Gasteiger partial charge on any atom is -0.458 e. The first-order valence-electron chi connectivity index (χ1n) is 11.7. The number of ether oxygens (including phenoxy) is 4. The molecule has 188 valence electrons. The van der Waals surface area contributed by atoms with Crippen LogP contribution in [0.5, 0.6) is 0 Å². The van der Waals surface area contributed by atoms with Crippen LogP contribution in [0.1, 0.15) is 60.8 Å². The molecule has 0 aromatic carbocycles. The lowest BCUT2D eigenvalue weighted by Gasteiger charge is -2.60. The van der Waals surface area contributed by atoms with Crippen LogP contribution >= 0.6 is 0 Å². The highest BCUT2D eigenvalue weighted by atomic mass is 16.8. The lowest BCUT2D eigenvalue weighted by atomic mass is 9.45. The number of rotatable bonds is 6. The first kappa shape index (κ1) is 26.2. The Bertz CT molecular complexity index is 920. The number of allylic oxidation sites excluding steroid dienone is 3. The number of aliphatic hydroxyl groups excluding tert-OH is 1. The highest BCUT2D eigenvalue weighted by molar-refractivity contribution is 5.68. The number of hydrogen-bond acceptors (Lipinski definition) is 8. The normalized spacial score (nSPS) is 39.3. The Hall–Kier alpha value is -2.45. The predicted molar refractivity (Wildman–Crippen MR) is 123 cm³/mol. The van der Waals surface area contributed by atoms with Crippen LogP contribution in [0.4, 0.5) is 0 Å². The minimum atomic E-state index is -1.17. The molecule has 8 atom stereocenters. The highest BCUT2D eigenvalue weighted by Gasteiger charge is 2.71. The van der Waals surface area contributed by atoms with Crippen molar-refractivity contribution in [3.63, 3.8) is 0 Å². The predicted octanol–water partition coefficient (Wildman–Crippen LogP) is 3.59. The summed E-state index contributed by atoms with van der Waals surface area (Å²) in [5.74, 6) is -1.83. The molecule has 0 radical (unpaired) electrons. The van der Waals surface area contributed by atoms with E-state index in [1.807, 2.05) is 6.92 Å². The Balaban J connectivity index is 2.23. The van der Waals surface area contributed by atoms with Crippen LogP contribution in [0.2, 0.25) is 0 Å². The fourth-order valence-electron chi connectivity index (χ4n) is 6.08. The van der Waals surface area contributed by atoms with E-state index < -0.39 is 53.5 Å². The molecule has 8 unspecified atom stereocenters. The van der Waals surface area contributed by atoms with Crippen LogP contribution in [-0.4, -0.2) is 47.8 Å². The second-order valence-electron chi connectivity index (χ2n) is 10.0. The third kappa shape index (κ3) is 4.45. The van der Waals surface area contributed by atoms with E-state index in [9.17, 15) is 19.5 Å². The van der Waals surface area contributed by atoms with Crippen molar-refractivity contribution in [1.29, 1.82) is 0 Å². The average molecular weight is 477 g/mol. The van der Waals surface area contributed by atoms with Gasteiger partial charge in [0.05, 0.1) is 11.5 Å². The Morgan fingerprint density at radius 3 is 2.29 bits per heavy atom. The maximum atomic E-state index is 12.1. The number of esters is 3. The molecule has 2 fully saturated rings. The van der Waals surface area contributed by atoms with Gasteiger partial charge in [0.25, 0.3) is 0 Å². The molecule has 0 bridgehead atoms. The van der Waals surface area contributed by atoms with Crippen molar-refractivity contribution in [2.75, 3.05) is 0 Å². The summed E-state index contributed by atoms with van der Waals surface area (Å²) in [6.45, 7) is 13.9. The molecule has 1 heterocycles. The van der Waals surface area contributed by atoms with E-state index >= 15 is 0 Å². The van der Waals surface area contributed by atoms with Crippen molar-refractivity contribution in [2.24, 2.45) is 22.7 Å². The smallest absolute Gasteiger partial charge is 0.305 e. The summed E-state index contributed by atoms with van der Waals surface area (Å²) >= 11 is 0. The van der Waals surface area contributed by atoms with Crippen LogP contribution in [0.15, 0.2) is 36.0 Å². The molecule has 0 aromatic heterocycles. The Morgan fingerprint density at radius 1 is 1.12 bits per heavy atom. The quantitative estimate of drug-likeness (QED) is 0.268. The SMILES string of the molecule is C=CC(C)=CCC1(C)C(C)CC(O)C23C(=CC(OC(C)=O)CC12)C(OC(C)=O)OC3OC(C)=O. The Morgan fingerprint density at radius 2 is 1.74 bits per heavy atom. The molecular weight excluding hydrogens is 440 g/mol. The Kier molecular flexibility index (Phi) is 7.43. The third-order valence-electron chi connectivity index (χ3n) is 7.90. The van der Waals surface area contributed by atoms with Gasteiger partial charge in [-0.2, -0.15) is 0 Å². The van der Waals surface area contributed by atoms with Crippen LogP contribution in [0.3, 0.4) is 0 Å². The molecule has 8 heteroatoms. The Labute approximate surface area is 201 Å². The summed E-state index contributed by atoms with van der Waals surface area (Å²) in [7, 11) is 0. The molecule has 3 rings (SSSR count). The zero-order valence-electron chi connectivity index (χ0n) is 20.8. The van der Waals surface area contributed by atoms with Crippen LogP contribution in [0, 0.1) is 22.7 Å². The van der Waals surface area contributed by atoms with Gasteiger partial charge < -0.3 is 19.3 Å². The fourth-order valence-corrected chi connectivity index (χ4v) is 6.08. The maximum Gasteiger partial charge on any atom is 0.305 e. The van der Waals surface area contributed by atoms with E-state index in [1.165, 1.54) is 20.8 Å². The van der Waals surface area contributed by atoms with Gasteiger partial charge in [-0.1, -0.05) is 38.2 Å². The number of aliphatic hydroxyl groups is 1. The van der Waals surface area contributed by atoms with E-state index in [0.717, 1.165) is 5.57 Å². The highest BCUT2D eigenvalue weighted by Crippen LogP contribution is 2.67. The van der Waals surface area contributed by atoms with E-state index in [-0.39, 0.29) is 11.8 Å². The minimum absolute atomic E-state index is 0.0788. The van der Waals surface area contributed by atoms with Gasteiger partial charge in [0.15, 0.2) is 0 Å². The summed E-state index contributed by atoms with van der Waals surface area (Å²) in [5, 5.41) is 11.6. The molecular formula is C26H36O8. The van der Waals surface area contributed by atoms with Gasteiger partial charge in [-0.25, -0.2) is 0 Å². The number of carbonyl (C=O) groups excluding carboxylic acids is 3. The molecule has 34 heavy (non-hydrogen) atoms. The zero-order chi connectivity index (χ0) is 25.4. The summed E-state index contributed by atoms with van der Waals surface area (Å²) in [6, 6.07) is 0. The molecule has 1 saturated carbocycles. The van der Waals surface area contributed by atoms with Gasteiger partial charge in [-0.3, -0.25) is 19.1 Å². The van der Waals surface area contributed by atoms with Crippen LogP contribution in [0.25, 0.3) is 0 Å². The first-order valence-corrected chi connectivity index (χ1v) is 11.7. The molecule has 2 aliphatic carbocycles. The first-order chi connectivity index (χ1) is 15.9. The second kappa shape index (κ2) is 9.66. The molecule has 1 N–H and O–H groups in total. The lowest BCUT2D eigenvalue weighted by molar-refractivity contribution is -0.253. The second-order valence-corrected chi connectivity index (χ2v) is 10.0. The lowest BCUT2D eigenvalue weighted by Crippen LogP contribution is -2.63. The maximum absolute atomic E-state index is 12.1. The van der Waals surface area contributed by atoms with Crippen molar-refractivity contribution in [2.45, 2.75) is 85.6 Å². The van der Waals surface area contributed by atoms with Crippen molar-refractivity contribution in [1.82, 2.24) is 0 Å². The largest absolute Gasteiger partial charge is 0.458 e. The summed E-state index contributed by atoms with van der Waals surface area (Å²) in [5.41, 5.74) is -0.0475. The van der Waals surface area contributed by atoms with Crippen molar-refractivity contribution < 1.29 is 38.4 Å². The fraction of sp³-hybridized carbons (Fsp3) is 0.654. The van der Waals surface area contributed by atoms with Gasteiger partial charge >= 0.3 is 17.9 Å². The molecule has 1 aliphatic heterocycles. The van der Waals surface area contributed by atoms with E-state index in [0.29, 0.717) is 24.8 Å². The molecule has 8 nitrogen and oxygen atoms in total. The van der Waals surface area contributed by atoms with Crippen molar-refractivity contribution >= 4 is 17.9 Å². The molecule has 0 aromatic rings. The van der Waals surface area contributed by atoms with E-state index in [2.05, 4.69) is 26.5 Å². The van der Waals surface area contributed by atoms with Gasteiger partial charge in [-0.05, 0) is 49.5 Å². The topological polar surface area (TPSA) is 108 Å². The van der Waals surface area contributed by atoms with Crippen LogP contribution in [-0.2, 0) is 33.3 Å². The van der Waals surface area contributed by atoms with Crippen molar-refractivity contribution in [3.05, 3.63) is 36.0 Å². The number of hydrogen-bond donors (Lipinski definition) is 1. The monoisotopic (exact) mass is 476 g/mol. The standard InChI is InChI=1S/C26H36O8/c1-8-14(2)9-10-25(7)15(3)11-22(30)26-20(12-19(13-21(25)26)31-16(4)27)23(32-17(5)28)34-24(26)33-18(6)29/h8-9,12,15,19,21-24,30H,1,10-11,13H2,2-7H3. The summed E-state index contributed by atoms with van der Waals surface area (Å²) in [4.78, 5) is 35.8. The number of carbonyl (C=O) groups is 3. The van der Waals surface area contributed by atoms with Gasteiger partial charge in [0.2, 0.25) is 12.6 Å². The van der Waals surface area contributed by atoms with E-state index in [4.69, 9.17) is 18.9 Å². The zero-order valence-corrected chi connectivity index (χ0v) is 20.8. The van der Waals surface area contributed by atoms with Crippen LogP contribution < -0.4 is 0 Å². The van der Waals surface area contributed by atoms with E-state index in [1.54, 1.807) is 12.2 Å². The summed E-state index contributed by atoms with van der Waals surface area (Å²) in [6.07, 6.45) is 3.21.